The van der Waals surface area contributed by atoms with E-state index in [0.717, 1.165) is 19.6 Å². The van der Waals surface area contributed by atoms with Crippen LogP contribution in [0.15, 0.2) is 29.1 Å². The quantitative estimate of drug-likeness (QED) is 0.822. The molecule has 1 N–H and O–H groups in total. The van der Waals surface area contributed by atoms with Crippen LogP contribution in [-0.2, 0) is 4.74 Å². The van der Waals surface area contributed by atoms with Gasteiger partial charge < -0.3 is 10.1 Å². The molecule has 0 radical (unpaired) electrons. The van der Waals surface area contributed by atoms with E-state index >= 15 is 0 Å². The number of hydrogen-bond acceptors (Lipinski definition) is 5. The number of fused-ring (bicyclic) bond motifs is 1. The Labute approximate surface area is 165 Å². The first-order chi connectivity index (χ1) is 13.4. The number of carbonyl (C=O) groups is 1. The summed E-state index contributed by atoms with van der Waals surface area (Å²) in [7, 11) is 0. The molecule has 7 heteroatoms. The minimum Gasteiger partial charge on any atom is -0.374 e. The Kier molecular flexibility index (Phi) is 6.46. The Morgan fingerprint density at radius 1 is 1.25 bits per heavy atom. The van der Waals surface area contributed by atoms with Crippen LogP contribution in [0.1, 0.15) is 44.2 Å². The average Bonchev–Trinajstić information content (AvgIpc) is 2.66. The van der Waals surface area contributed by atoms with Crippen molar-refractivity contribution in [1.29, 1.82) is 0 Å². The Morgan fingerprint density at radius 2 is 1.96 bits per heavy atom. The molecule has 1 aliphatic heterocycles. The fourth-order valence-electron chi connectivity index (χ4n) is 3.60. The third kappa shape index (κ3) is 4.59. The molecule has 1 amide bonds. The van der Waals surface area contributed by atoms with Gasteiger partial charge in [-0.15, -0.1) is 0 Å². The van der Waals surface area contributed by atoms with E-state index in [1.807, 2.05) is 19.9 Å². The van der Waals surface area contributed by atoms with Crippen LogP contribution in [0, 0.1) is 5.92 Å². The highest BCUT2D eigenvalue weighted by Crippen LogP contribution is 2.15. The molecule has 1 fully saturated rings. The number of nitrogens with zero attached hydrogens (tertiary/aromatic N) is 3. The lowest BCUT2D eigenvalue weighted by atomic mass is 10.1. The number of carbonyl (C=O) groups excluding carboxylic acids is 1. The first-order valence-electron chi connectivity index (χ1n) is 10.0. The van der Waals surface area contributed by atoms with Gasteiger partial charge in [0.2, 0.25) is 0 Å². The highest BCUT2D eigenvalue weighted by molar-refractivity contribution is 6.04. The zero-order valence-electron chi connectivity index (χ0n) is 17.1. The van der Waals surface area contributed by atoms with E-state index < -0.39 is 0 Å². The van der Waals surface area contributed by atoms with E-state index in [2.05, 4.69) is 29.2 Å². The summed E-state index contributed by atoms with van der Waals surface area (Å²) in [5.41, 5.74) is 0.0980. The summed E-state index contributed by atoms with van der Waals surface area (Å²) in [6, 6.07) is 6.99. The van der Waals surface area contributed by atoms with Gasteiger partial charge in [0, 0.05) is 31.6 Å². The number of nitrogens with one attached hydrogen (secondary N) is 1. The van der Waals surface area contributed by atoms with Gasteiger partial charge in [-0.25, -0.2) is 4.68 Å². The molecular weight excluding hydrogens is 356 g/mol. The van der Waals surface area contributed by atoms with Crippen molar-refractivity contribution in [2.75, 3.05) is 32.8 Å². The molecule has 0 aliphatic carbocycles. The Hall–Kier alpha value is -2.25. The lowest BCUT2D eigenvalue weighted by Crippen LogP contribution is -2.48. The molecule has 152 valence electrons. The summed E-state index contributed by atoms with van der Waals surface area (Å²) in [5, 5.41) is 8.40. The Morgan fingerprint density at radius 3 is 2.64 bits per heavy atom. The normalized spacial score (nSPS) is 18.1. The first kappa shape index (κ1) is 20.5. The van der Waals surface area contributed by atoms with Crippen LogP contribution in [0.3, 0.4) is 0 Å². The second-order valence-electron chi connectivity index (χ2n) is 8.09. The smallest absolute Gasteiger partial charge is 0.274 e. The van der Waals surface area contributed by atoms with Crippen LogP contribution < -0.4 is 10.9 Å². The van der Waals surface area contributed by atoms with Gasteiger partial charge in [0.25, 0.3) is 11.5 Å². The van der Waals surface area contributed by atoms with Crippen molar-refractivity contribution in [3.05, 3.63) is 40.3 Å². The molecule has 3 rings (SSSR count). The van der Waals surface area contributed by atoms with E-state index in [-0.39, 0.29) is 29.3 Å². The molecule has 0 saturated carbocycles. The number of rotatable bonds is 6. The van der Waals surface area contributed by atoms with Gasteiger partial charge in [-0.2, -0.15) is 5.10 Å². The highest BCUT2D eigenvalue weighted by Gasteiger charge is 2.23. The number of aromatic nitrogens is 2. The van der Waals surface area contributed by atoms with Gasteiger partial charge >= 0.3 is 0 Å². The van der Waals surface area contributed by atoms with Crippen molar-refractivity contribution in [3.63, 3.8) is 0 Å². The Balaban J connectivity index is 1.77. The second kappa shape index (κ2) is 8.84. The minimum atomic E-state index is -0.282. The van der Waals surface area contributed by atoms with Crippen molar-refractivity contribution < 1.29 is 9.53 Å². The molecule has 28 heavy (non-hydrogen) atoms. The lowest BCUT2D eigenvalue weighted by Gasteiger charge is -2.33. The predicted molar refractivity (Wildman–Crippen MR) is 110 cm³/mol. The van der Waals surface area contributed by atoms with E-state index in [0.29, 0.717) is 29.8 Å². The fourth-order valence-corrected chi connectivity index (χ4v) is 3.60. The summed E-state index contributed by atoms with van der Waals surface area (Å²) in [6.45, 7) is 12.0. The predicted octanol–water partition coefficient (Wildman–Crippen LogP) is 2.06. The van der Waals surface area contributed by atoms with Crippen molar-refractivity contribution in [1.82, 2.24) is 20.0 Å². The summed E-state index contributed by atoms with van der Waals surface area (Å²) >= 11 is 0. The zero-order chi connectivity index (χ0) is 20.3. The highest BCUT2D eigenvalue weighted by atomic mass is 16.5. The fraction of sp³-hybridized carbons (Fsp3) is 0.571. The molecule has 7 nitrogen and oxygen atoms in total. The van der Waals surface area contributed by atoms with E-state index in [1.54, 1.807) is 18.2 Å². The van der Waals surface area contributed by atoms with Crippen molar-refractivity contribution in [2.45, 2.75) is 39.8 Å². The van der Waals surface area contributed by atoms with Crippen LogP contribution in [0.5, 0.6) is 0 Å². The van der Waals surface area contributed by atoms with Gasteiger partial charge in [0.15, 0.2) is 5.69 Å². The number of benzene rings is 1. The first-order valence-corrected chi connectivity index (χ1v) is 10.0. The topological polar surface area (TPSA) is 76.5 Å². The number of morpholine rings is 1. The van der Waals surface area contributed by atoms with Crippen LogP contribution in [-0.4, -0.2) is 59.5 Å². The molecule has 2 heterocycles. The second-order valence-corrected chi connectivity index (χ2v) is 8.09. The summed E-state index contributed by atoms with van der Waals surface area (Å²) in [6.07, 6.45) is -0.0429. The summed E-state index contributed by atoms with van der Waals surface area (Å²) in [4.78, 5) is 27.9. The molecule has 2 aromatic rings. The monoisotopic (exact) mass is 386 g/mol. The molecular formula is C21H30N4O3. The summed E-state index contributed by atoms with van der Waals surface area (Å²) in [5.74, 6) is 0.316. The van der Waals surface area contributed by atoms with E-state index in [9.17, 15) is 9.59 Å². The average molecular weight is 386 g/mol. The number of hydrogen-bond donors (Lipinski definition) is 1. The van der Waals surface area contributed by atoms with Crippen LogP contribution in [0.2, 0.25) is 0 Å². The maximum absolute atomic E-state index is 12.9. The van der Waals surface area contributed by atoms with Crippen molar-refractivity contribution in [2.24, 2.45) is 5.92 Å². The number of ether oxygens (including phenoxy) is 1. The minimum absolute atomic E-state index is 0.0429. The SMILES string of the molecule is CC(C)CN1CCOC(CNC(=O)c2nn(C(C)C)c(=O)c3ccccc23)C1. The standard InChI is InChI=1S/C21H30N4O3/c1-14(2)12-24-9-10-28-16(13-24)11-22-20(26)19-17-7-5-6-8-18(17)21(27)25(23-19)15(3)4/h5-8,14-16H,9-13H2,1-4H3,(H,22,26). The molecule has 1 saturated heterocycles. The maximum Gasteiger partial charge on any atom is 0.274 e. The zero-order valence-corrected chi connectivity index (χ0v) is 17.1. The molecule has 1 aromatic carbocycles. The van der Waals surface area contributed by atoms with Crippen molar-refractivity contribution >= 4 is 16.7 Å². The third-order valence-corrected chi connectivity index (χ3v) is 4.87. The van der Waals surface area contributed by atoms with Gasteiger partial charge in [0.05, 0.1) is 24.1 Å². The number of amides is 1. The van der Waals surface area contributed by atoms with Gasteiger partial charge in [-0.1, -0.05) is 32.0 Å². The molecule has 0 bridgehead atoms. The van der Waals surface area contributed by atoms with Gasteiger partial charge in [-0.3, -0.25) is 14.5 Å². The third-order valence-electron chi connectivity index (χ3n) is 4.87. The molecule has 0 spiro atoms. The van der Waals surface area contributed by atoms with Crippen LogP contribution in [0.25, 0.3) is 10.8 Å². The molecule has 1 unspecified atom stereocenters. The van der Waals surface area contributed by atoms with E-state index in [1.165, 1.54) is 4.68 Å². The molecule has 1 aromatic heterocycles. The van der Waals surface area contributed by atoms with Crippen LogP contribution in [0.4, 0.5) is 0 Å². The van der Waals surface area contributed by atoms with Crippen LogP contribution >= 0.6 is 0 Å². The molecule has 1 atom stereocenters. The Bertz CT molecular complexity index is 891. The van der Waals surface area contributed by atoms with Gasteiger partial charge in [0.1, 0.15) is 0 Å². The maximum atomic E-state index is 12.9. The van der Waals surface area contributed by atoms with Crippen molar-refractivity contribution in [3.8, 4) is 0 Å². The van der Waals surface area contributed by atoms with Gasteiger partial charge in [-0.05, 0) is 25.8 Å². The molecule has 1 aliphatic rings. The largest absolute Gasteiger partial charge is 0.374 e. The lowest BCUT2D eigenvalue weighted by molar-refractivity contribution is -0.0295. The van der Waals surface area contributed by atoms with E-state index in [4.69, 9.17) is 4.74 Å². The summed E-state index contributed by atoms with van der Waals surface area (Å²) < 4.78 is 7.19.